The lowest BCUT2D eigenvalue weighted by molar-refractivity contribution is 1.12. The molecule has 0 amide bonds. The SMILES string of the molecule is CC1=CN=CC(C)C=N1. The van der Waals surface area contributed by atoms with Crippen molar-refractivity contribution in [3.8, 4) is 0 Å². The fourth-order valence-corrected chi connectivity index (χ4v) is 0.594. The molecule has 2 nitrogen and oxygen atoms in total. The lowest BCUT2D eigenvalue weighted by Crippen LogP contribution is -1.94. The smallest absolute Gasteiger partial charge is 0.0551 e. The summed E-state index contributed by atoms with van der Waals surface area (Å²) >= 11 is 0. The van der Waals surface area contributed by atoms with Crippen molar-refractivity contribution in [2.45, 2.75) is 13.8 Å². The van der Waals surface area contributed by atoms with Crippen LogP contribution < -0.4 is 0 Å². The van der Waals surface area contributed by atoms with Gasteiger partial charge in [-0.2, -0.15) is 0 Å². The Bertz CT molecular complexity index is 177. The van der Waals surface area contributed by atoms with Gasteiger partial charge >= 0.3 is 0 Å². The second kappa shape index (κ2) is 2.58. The van der Waals surface area contributed by atoms with E-state index in [1.54, 1.807) is 6.20 Å². The summed E-state index contributed by atoms with van der Waals surface area (Å²) in [6, 6.07) is 0. The molecule has 1 unspecified atom stereocenters. The fourth-order valence-electron chi connectivity index (χ4n) is 0.594. The van der Waals surface area contributed by atoms with Crippen LogP contribution in [0.5, 0.6) is 0 Å². The van der Waals surface area contributed by atoms with E-state index in [2.05, 4.69) is 16.9 Å². The molecule has 1 aliphatic rings. The van der Waals surface area contributed by atoms with Crippen LogP contribution in [0.1, 0.15) is 13.8 Å². The van der Waals surface area contributed by atoms with Gasteiger partial charge in [0.1, 0.15) is 0 Å². The van der Waals surface area contributed by atoms with Gasteiger partial charge in [0, 0.05) is 24.5 Å². The van der Waals surface area contributed by atoms with Gasteiger partial charge in [-0.05, 0) is 6.92 Å². The molecule has 48 valence electrons. The number of hydrogen-bond donors (Lipinski definition) is 0. The Morgan fingerprint density at radius 2 is 2.22 bits per heavy atom. The summed E-state index contributed by atoms with van der Waals surface area (Å²) in [4.78, 5) is 8.14. The third kappa shape index (κ3) is 1.80. The molecule has 9 heavy (non-hydrogen) atoms. The summed E-state index contributed by atoms with van der Waals surface area (Å²) in [5.41, 5.74) is 0.968. The van der Waals surface area contributed by atoms with Crippen LogP contribution >= 0.6 is 0 Å². The number of nitrogens with zero attached hydrogens (tertiary/aromatic N) is 2. The molecule has 1 aliphatic heterocycles. The van der Waals surface area contributed by atoms with Crippen molar-refractivity contribution >= 4 is 12.4 Å². The van der Waals surface area contributed by atoms with Crippen molar-refractivity contribution in [2.24, 2.45) is 15.9 Å². The van der Waals surface area contributed by atoms with Gasteiger partial charge in [0.05, 0.1) is 5.70 Å². The zero-order valence-corrected chi connectivity index (χ0v) is 5.70. The van der Waals surface area contributed by atoms with E-state index in [1.165, 1.54) is 0 Å². The molecule has 1 atom stereocenters. The maximum absolute atomic E-state index is 4.12. The van der Waals surface area contributed by atoms with E-state index in [0.29, 0.717) is 5.92 Å². The van der Waals surface area contributed by atoms with Gasteiger partial charge in [-0.1, -0.05) is 6.92 Å². The maximum atomic E-state index is 4.12. The number of aliphatic imine (C=N–C) groups is 2. The molecule has 0 saturated heterocycles. The van der Waals surface area contributed by atoms with E-state index >= 15 is 0 Å². The van der Waals surface area contributed by atoms with Crippen LogP contribution in [0.25, 0.3) is 0 Å². The van der Waals surface area contributed by atoms with Crippen LogP contribution in [0, 0.1) is 5.92 Å². The summed E-state index contributed by atoms with van der Waals surface area (Å²) in [5.74, 6) is 0.374. The van der Waals surface area contributed by atoms with E-state index < -0.39 is 0 Å². The molecule has 0 aromatic carbocycles. The Kier molecular flexibility index (Phi) is 1.78. The summed E-state index contributed by atoms with van der Waals surface area (Å²) < 4.78 is 0. The van der Waals surface area contributed by atoms with Crippen molar-refractivity contribution < 1.29 is 0 Å². The molecule has 2 heteroatoms. The summed E-state index contributed by atoms with van der Waals surface area (Å²) in [6.07, 6.45) is 5.53. The molecule has 1 rings (SSSR count). The molecule has 0 fully saturated rings. The monoisotopic (exact) mass is 122 g/mol. The Balaban J connectivity index is 2.75. The summed E-state index contributed by atoms with van der Waals surface area (Å²) in [6.45, 7) is 3.99. The minimum Gasteiger partial charge on any atom is -0.267 e. The van der Waals surface area contributed by atoms with Crippen molar-refractivity contribution in [1.29, 1.82) is 0 Å². The van der Waals surface area contributed by atoms with Gasteiger partial charge in [-0.15, -0.1) is 0 Å². The highest BCUT2D eigenvalue weighted by Gasteiger charge is 1.93. The standard InChI is InChI=1S/C7H10N2/c1-6-3-8-5-7(2)9-4-6/h3-6H,1-2H3. The van der Waals surface area contributed by atoms with E-state index in [4.69, 9.17) is 0 Å². The van der Waals surface area contributed by atoms with Gasteiger partial charge in [-0.25, -0.2) is 0 Å². The molecule has 0 spiro atoms. The Labute approximate surface area is 55.0 Å². The van der Waals surface area contributed by atoms with Gasteiger partial charge in [0.25, 0.3) is 0 Å². The largest absolute Gasteiger partial charge is 0.267 e. The highest BCUT2D eigenvalue weighted by atomic mass is 14.8. The van der Waals surface area contributed by atoms with Crippen molar-refractivity contribution in [3.05, 3.63) is 11.9 Å². The summed E-state index contributed by atoms with van der Waals surface area (Å²) in [5, 5.41) is 0. The first-order valence-corrected chi connectivity index (χ1v) is 3.03. The molecule has 0 N–H and O–H groups in total. The Morgan fingerprint density at radius 1 is 1.44 bits per heavy atom. The minimum absolute atomic E-state index is 0.374. The van der Waals surface area contributed by atoms with Crippen LogP contribution in [0.4, 0.5) is 0 Å². The van der Waals surface area contributed by atoms with E-state index in [1.807, 2.05) is 19.4 Å². The molecule has 0 aromatic rings. The van der Waals surface area contributed by atoms with Crippen molar-refractivity contribution in [2.75, 3.05) is 0 Å². The third-order valence-corrected chi connectivity index (χ3v) is 1.10. The zero-order chi connectivity index (χ0) is 6.69. The first-order chi connectivity index (χ1) is 4.29. The normalized spacial score (nSPS) is 25.6. The molecule has 1 heterocycles. The minimum atomic E-state index is 0.374. The molecule has 0 saturated carbocycles. The molecule has 0 aromatic heterocycles. The highest BCUT2D eigenvalue weighted by molar-refractivity contribution is 5.84. The van der Waals surface area contributed by atoms with Gasteiger partial charge in [0.2, 0.25) is 0 Å². The Morgan fingerprint density at radius 3 is 3.00 bits per heavy atom. The van der Waals surface area contributed by atoms with Crippen LogP contribution in [0.2, 0.25) is 0 Å². The first-order valence-electron chi connectivity index (χ1n) is 3.03. The topological polar surface area (TPSA) is 24.7 Å². The Hall–Kier alpha value is -0.920. The second-order valence-corrected chi connectivity index (χ2v) is 2.21. The third-order valence-electron chi connectivity index (χ3n) is 1.10. The first kappa shape index (κ1) is 6.20. The molecular weight excluding hydrogens is 112 g/mol. The van der Waals surface area contributed by atoms with Gasteiger partial charge in [-0.3, -0.25) is 9.98 Å². The second-order valence-electron chi connectivity index (χ2n) is 2.21. The fraction of sp³-hybridized carbons (Fsp3) is 0.429. The predicted molar refractivity (Wildman–Crippen MR) is 39.9 cm³/mol. The van der Waals surface area contributed by atoms with Crippen LogP contribution in [0.3, 0.4) is 0 Å². The van der Waals surface area contributed by atoms with Crippen LogP contribution in [-0.2, 0) is 0 Å². The molecule has 0 radical (unpaired) electrons. The molecule has 0 aliphatic carbocycles. The number of allylic oxidation sites excluding steroid dienone is 1. The van der Waals surface area contributed by atoms with Crippen molar-refractivity contribution in [3.63, 3.8) is 0 Å². The number of rotatable bonds is 0. The quantitative estimate of drug-likeness (QED) is 0.466. The number of hydrogen-bond acceptors (Lipinski definition) is 2. The van der Waals surface area contributed by atoms with Crippen LogP contribution in [-0.4, -0.2) is 12.4 Å². The van der Waals surface area contributed by atoms with E-state index in [0.717, 1.165) is 5.70 Å². The lowest BCUT2D eigenvalue weighted by atomic mass is 10.2. The van der Waals surface area contributed by atoms with Gasteiger partial charge < -0.3 is 0 Å². The lowest BCUT2D eigenvalue weighted by Gasteiger charge is -1.89. The maximum Gasteiger partial charge on any atom is 0.0551 e. The summed E-state index contributed by atoms with van der Waals surface area (Å²) in [7, 11) is 0. The average Bonchev–Trinajstić information content (AvgIpc) is 1.97. The predicted octanol–water partition coefficient (Wildman–Crippen LogP) is 1.64. The highest BCUT2D eigenvalue weighted by Crippen LogP contribution is 1.99. The van der Waals surface area contributed by atoms with Gasteiger partial charge in [0.15, 0.2) is 0 Å². The zero-order valence-electron chi connectivity index (χ0n) is 5.70. The average molecular weight is 122 g/mol. The van der Waals surface area contributed by atoms with E-state index in [-0.39, 0.29) is 0 Å². The van der Waals surface area contributed by atoms with Crippen molar-refractivity contribution in [1.82, 2.24) is 0 Å². The molecule has 0 bridgehead atoms. The molecular formula is C7H10N2. The van der Waals surface area contributed by atoms with E-state index in [9.17, 15) is 0 Å². The van der Waals surface area contributed by atoms with Crippen LogP contribution in [0.15, 0.2) is 21.9 Å².